The fourth-order valence-electron chi connectivity index (χ4n) is 2.08. The highest BCUT2D eigenvalue weighted by Crippen LogP contribution is 2.27. The van der Waals surface area contributed by atoms with Crippen molar-refractivity contribution in [2.24, 2.45) is 0 Å². The van der Waals surface area contributed by atoms with Crippen LogP contribution in [0.3, 0.4) is 0 Å². The Morgan fingerprint density at radius 3 is 2.82 bits per heavy atom. The number of fused-ring (bicyclic) bond motifs is 1. The lowest BCUT2D eigenvalue weighted by atomic mass is 10.2. The molecule has 0 aliphatic heterocycles. The van der Waals surface area contributed by atoms with Crippen LogP contribution in [0.15, 0.2) is 46.9 Å². The third-order valence-corrected chi connectivity index (χ3v) is 3.35. The summed E-state index contributed by atoms with van der Waals surface area (Å²) in [5, 5.41) is 3.90. The third-order valence-electron chi connectivity index (χ3n) is 3.11. The number of hydrogen-bond donors (Lipinski definition) is 1. The quantitative estimate of drug-likeness (QED) is 0.774. The Morgan fingerprint density at radius 1 is 1.23 bits per heavy atom. The van der Waals surface area contributed by atoms with E-state index in [9.17, 15) is 9.18 Å². The van der Waals surface area contributed by atoms with E-state index in [1.165, 1.54) is 25.3 Å². The molecule has 0 spiro atoms. The van der Waals surface area contributed by atoms with E-state index < -0.39 is 11.7 Å². The smallest absolute Gasteiger partial charge is 0.291 e. The Balaban J connectivity index is 1.90. The van der Waals surface area contributed by atoms with Crippen LogP contribution in [-0.4, -0.2) is 13.0 Å². The molecule has 3 rings (SSSR count). The molecule has 0 saturated carbocycles. The highest BCUT2D eigenvalue weighted by atomic mass is 35.5. The highest BCUT2D eigenvalue weighted by Gasteiger charge is 2.15. The number of carbonyl (C=O) groups is 1. The predicted octanol–water partition coefficient (Wildman–Crippen LogP) is 4.49. The monoisotopic (exact) mass is 319 g/mol. The average Bonchev–Trinajstić information content (AvgIpc) is 2.92. The zero-order valence-corrected chi connectivity index (χ0v) is 12.3. The molecule has 1 aromatic heterocycles. The third kappa shape index (κ3) is 2.76. The first kappa shape index (κ1) is 14.4. The predicted molar refractivity (Wildman–Crippen MR) is 82.1 cm³/mol. The van der Waals surface area contributed by atoms with Crippen LogP contribution in [-0.2, 0) is 0 Å². The lowest BCUT2D eigenvalue weighted by Gasteiger charge is -2.08. The van der Waals surface area contributed by atoms with E-state index in [0.29, 0.717) is 16.3 Å². The lowest BCUT2D eigenvalue weighted by Crippen LogP contribution is -2.11. The molecule has 0 fully saturated rings. The van der Waals surface area contributed by atoms with Crippen molar-refractivity contribution in [3.8, 4) is 5.75 Å². The molecule has 0 saturated heterocycles. The maximum atomic E-state index is 13.1. The van der Waals surface area contributed by atoms with Crippen LogP contribution in [0.2, 0.25) is 5.02 Å². The maximum Gasteiger partial charge on any atom is 0.291 e. The van der Waals surface area contributed by atoms with Crippen LogP contribution < -0.4 is 10.1 Å². The zero-order valence-electron chi connectivity index (χ0n) is 11.5. The summed E-state index contributed by atoms with van der Waals surface area (Å²) in [4.78, 5) is 12.2. The van der Waals surface area contributed by atoms with Gasteiger partial charge in [0.05, 0.1) is 12.8 Å². The average molecular weight is 320 g/mol. The molecule has 2 aromatic carbocycles. The Bertz CT molecular complexity index is 860. The number of anilines is 1. The first-order valence-corrected chi connectivity index (χ1v) is 6.78. The summed E-state index contributed by atoms with van der Waals surface area (Å²) in [6.07, 6.45) is 0. The van der Waals surface area contributed by atoms with E-state index in [4.69, 9.17) is 20.8 Å². The molecule has 112 valence electrons. The lowest BCUT2D eigenvalue weighted by molar-refractivity contribution is 0.0998. The van der Waals surface area contributed by atoms with Gasteiger partial charge in [0.15, 0.2) is 5.76 Å². The van der Waals surface area contributed by atoms with Gasteiger partial charge in [-0.05, 0) is 36.4 Å². The number of hydrogen-bond acceptors (Lipinski definition) is 3. The minimum absolute atomic E-state index is 0.128. The van der Waals surface area contributed by atoms with E-state index in [0.717, 1.165) is 5.39 Å². The number of methoxy groups -OCH3 is 1. The van der Waals surface area contributed by atoms with Gasteiger partial charge in [-0.1, -0.05) is 11.6 Å². The molecule has 4 nitrogen and oxygen atoms in total. The van der Waals surface area contributed by atoms with Gasteiger partial charge in [-0.15, -0.1) is 0 Å². The summed E-state index contributed by atoms with van der Waals surface area (Å²) in [7, 11) is 1.40. The van der Waals surface area contributed by atoms with Crippen molar-refractivity contribution < 1.29 is 18.3 Å². The van der Waals surface area contributed by atoms with E-state index in [-0.39, 0.29) is 11.5 Å². The minimum Gasteiger partial charge on any atom is -0.494 e. The normalized spacial score (nSPS) is 10.7. The van der Waals surface area contributed by atoms with Gasteiger partial charge >= 0.3 is 0 Å². The molecule has 1 heterocycles. The number of amides is 1. The van der Waals surface area contributed by atoms with Crippen LogP contribution in [0.25, 0.3) is 11.0 Å². The van der Waals surface area contributed by atoms with Gasteiger partial charge in [-0.25, -0.2) is 4.39 Å². The largest absolute Gasteiger partial charge is 0.494 e. The van der Waals surface area contributed by atoms with Gasteiger partial charge in [0.1, 0.15) is 17.1 Å². The number of halogens is 2. The molecular weight excluding hydrogens is 309 g/mol. The second-order valence-electron chi connectivity index (χ2n) is 4.59. The Hall–Kier alpha value is -2.53. The molecule has 1 amide bonds. The van der Waals surface area contributed by atoms with Crippen molar-refractivity contribution >= 4 is 34.2 Å². The van der Waals surface area contributed by atoms with Crippen LogP contribution in [0.5, 0.6) is 5.75 Å². The number of rotatable bonds is 3. The second kappa shape index (κ2) is 5.69. The van der Waals surface area contributed by atoms with Gasteiger partial charge < -0.3 is 14.5 Å². The number of carbonyl (C=O) groups excluding carboxylic acids is 1. The zero-order chi connectivity index (χ0) is 15.7. The Morgan fingerprint density at radius 2 is 2.05 bits per heavy atom. The fourth-order valence-corrected chi connectivity index (χ4v) is 2.26. The topological polar surface area (TPSA) is 51.5 Å². The van der Waals surface area contributed by atoms with Crippen LogP contribution in [0, 0.1) is 5.82 Å². The molecule has 1 N–H and O–H groups in total. The van der Waals surface area contributed by atoms with E-state index in [1.807, 2.05) is 0 Å². The van der Waals surface area contributed by atoms with Crippen molar-refractivity contribution in [2.45, 2.75) is 0 Å². The number of benzene rings is 2. The van der Waals surface area contributed by atoms with Gasteiger partial charge in [0.25, 0.3) is 5.91 Å². The molecular formula is C16H11ClFNO3. The van der Waals surface area contributed by atoms with E-state index in [2.05, 4.69) is 5.32 Å². The van der Waals surface area contributed by atoms with Gasteiger partial charge in [-0.2, -0.15) is 0 Å². The minimum atomic E-state index is -0.461. The van der Waals surface area contributed by atoms with Gasteiger partial charge in [0, 0.05) is 16.5 Å². The number of ether oxygens (including phenoxy) is 1. The molecule has 22 heavy (non-hydrogen) atoms. The first-order valence-electron chi connectivity index (χ1n) is 6.41. The van der Waals surface area contributed by atoms with E-state index in [1.54, 1.807) is 24.3 Å². The molecule has 0 atom stereocenters. The molecule has 0 bridgehead atoms. The van der Waals surface area contributed by atoms with Crippen molar-refractivity contribution in [2.75, 3.05) is 12.4 Å². The molecule has 0 aliphatic carbocycles. The standard InChI is InChI=1S/C16H11ClFNO3/c1-21-14-8-11(18)3-4-12(14)19-16(20)15-7-9-6-10(17)2-5-13(9)22-15/h2-8H,1H3,(H,19,20). The molecule has 6 heteroatoms. The van der Waals surface area contributed by atoms with Gasteiger partial charge in [0.2, 0.25) is 0 Å². The van der Waals surface area contributed by atoms with E-state index >= 15 is 0 Å². The Labute approximate surface area is 130 Å². The van der Waals surface area contributed by atoms with Crippen LogP contribution in [0.4, 0.5) is 10.1 Å². The van der Waals surface area contributed by atoms with Crippen LogP contribution >= 0.6 is 11.6 Å². The van der Waals surface area contributed by atoms with Crippen molar-refractivity contribution in [3.05, 3.63) is 59.1 Å². The van der Waals surface area contributed by atoms with Crippen molar-refractivity contribution in [1.82, 2.24) is 0 Å². The van der Waals surface area contributed by atoms with Crippen molar-refractivity contribution in [3.63, 3.8) is 0 Å². The molecule has 3 aromatic rings. The second-order valence-corrected chi connectivity index (χ2v) is 5.03. The fraction of sp³-hybridized carbons (Fsp3) is 0.0625. The summed E-state index contributed by atoms with van der Waals surface area (Å²) in [6, 6.07) is 10.5. The highest BCUT2D eigenvalue weighted by molar-refractivity contribution is 6.31. The summed E-state index contributed by atoms with van der Waals surface area (Å²) >= 11 is 5.90. The first-order chi connectivity index (χ1) is 10.6. The molecule has 0 unspecified atom stereocenters. The maximum absolute atomic E-state index is 13.1. The summed E-state index contributed by atoms with van der Waals surface area (Å²) < 4.78 is 23.7. The van der Waals surface area contributed by atoms with Crippen LogP contribution in [0.1, 0.15) is 10.6 Å². The molecule has 0 aliphatic rings. The number of nitrogens with one attached hydrogen (secondary N) is 1. The summed E-state index contributed by atoms with van der Waals surface area (Å²) in [6.45, 7) is 0. The van der Waals surface area contributed by atoms with Crippen molar-refractivity contribution in [1.29, 1.82) is 0 Å². The summed E-state index contributed by atoms with van der Waals surface area (Å²) in [5.74, 6) is -0.554. The molecule has 0 radical (unpaired) electrons. The SMILES string of the molecule is COc1cc(F)ccc1NC(=O)c1cc2cc(Cl)ccc2o1. The van der Waals surface area contributed by atoms with Gasteiger partial charge in [-0.3, -0.25) is 4.79 Å². The number of furan rings is 1. The summed E-state index contributed by atoms with van der Waals surface area (Å²) in [5.41, 5.74) is 0.910. The Kier molecular flexibility index (Phi) is 3.73.